The molecule has 2 heterocycles. The van der Waals surface area contributed by atoms with E-state index in [1.54, 1.807) is 5.56 Å². The standard InChI is InChI=1S/C16H28N2S/c1-5-17-10-16-9-15(14(4)19-16)11-18-7-6-12(2)8-13(18)3/h9,12-13,17H,5-8,10-11H2,1-4H3. The molecule has 108 valence electrons. The van der Waals surface area contributed by atoms with Crippen LogP contribution in [-0.4, -0.2) is 24.0 Å². The Morgan fingerprint density at radius 2 is 2.21 bits per heavy atom. The fraction of sp³-hybridized carbons (Fsp3) is 0.750. The smallest absolute Gasteiger partial charge is 0.0299 e. The summed E-state index contributed by atoms with van der Waals surface area (Å²) in [5.41, 5.74) is 1.54. The highest BCUT2D eigenvalue weighted by atomic mass is 32.1. The third-order valence-electron chi connectivity index (χ3n) is 4.27. The van der Waals surface area contributed by atoms with E-state index >= 15 is 0 Å². The van der Waals surface area contributed by atoms with Gasteiger partial charge in [0, 0.05) is 28.9 Å². The van der Waals surface area contributed by atoms with Crippen molar-refractivity contribution in [3.8, 4) is 0 Å². The molecule has 2 atom stereocenters. The molecule has 0 radical (unpaired) electrons. The first-order valence-corrected chi connectivity index (χ1v) is 8.44. The zero-order chi connectivity index (χ0) is 13.8. The normalized spacial score (nSPS) is 24.8. The fourth-order valence-electron chi connectivity index (χ4n) is 2.99. The average Bonchev–Trinajstić information content (AvgIpc) is 2.71. The van der Waals surface area contributed by atoms with E-state index in [1.165, 1.54) is 29.1 Å². The van der Waals surface area contributed by atoms with Gasteiger partial charge < -0.3 is 5.32 Å². The van der Waals surface area contributed by atoms with Crippen LogP contribution in [0.25, 0.3) is 0 Å². The lowest BCUT2D eigenvalue weighted by atomic mass is 9.93. The van der Waals surface area contributed by atoms with Crippen LogP contribution in [0.4, 0.5) is 0 Å². The zero-order valence-electron chi connectivity index (χ0n) is 12.8. The number of piperidine rings is 1. The molecule has 0 aromatic carbocycles. The summed E-state index contributed by atoms with van der Waals surface area (Å²) in [5.74, 6) is 0.902. The predicted molar refractivity (Wildman–Crippen MR) is 84.7 cm³/mol. The van der Waals surface area contributed by atoms with Gasteiger partial charge in [0.15, 0.2) is 0 Å². The Bertz CT molecular complexity index is 399. The molecule has 1 aromatic rings. The molecule has 1 aromatic heterocycles. The molecule has 0 spiro atoms. The molecule has 0 saturated carbocycles. The van der Waals surface area contributed by atoms with E-state index in [-0.39, 0.29) is 0 Å². The SMILES string of the molecule is CCNCc1cc(CN2CCC(C)CC2C)c(C)s1. The largest absolute Gasteiger partial charge is 0.312 e. The molecule has 1 aliphatic rings. The minimum atomic E-state index is 0.736. The van der Waals surface area contributed by atoms with Crippen LogP contribution in [0.5, 0.6) is 0 Å². The Hall–Kier alpha value is -0.380. The van der Waals surface area contributed by atoms with Crippen molar-refractivity contribution in [1.82, 2.24) is 10.2 Å². The zero-order valence-corrected chi connectivity index (χ0v) is 13.6. The minimum Gasteiger partial charge on any atom is -0.312 e. The van der Waals surface area contributed by atoms with Gasteiger partial charge in [-0.25, -0.2) is 0 Å². The van der Waals surface area contributed by atoms with Crippen molar-refractivity contribution in [1.29, 1.82) is 0 Å². The molecule has 1 fully saturated rings. The molecule has 3 heteroatoms. The van der Waals surface area contributed by atoms with Gasteiger partial charge >= 0.3 is 0 Å². The van der Waals surface area contributed by atoms with E-state index in [4.69, 9.17) is 0 Å². The van der Waals surface area contributed by atoms with Gasteiger partial charge in [0.2, 0.25) is 0 Å². The molecule has 2 unspecified atom stereocenters. The van der Waals surface area contributed by atoms with E-state index < -0.39 is 0 Å². The third kappa shape index (κ3) is 4.04. The van der Waals surface area contributed by atoms with E-state index in [9.17, 15) is 0 Å². The van der Waals surface area contributed by atoms with Crippen molar-refractivity contribution in [3.05, 3.63) is 21.4 Å². The lowest BCUT2D eigenvalue weighted by Crippen LogP contribution is -2.39. The second-order valence-corrected chi connectivity index (χ2v) is 7.36. The van der Waals surface area contributed by atoms with E-state index in [2.05, 4.69) is 44.0 Å². The van der Waals surface area contributed by atoms with Gasteiger partial charge in [0.05, 0.1) is 0 Å². The summed E-state index contributed by atoms with van der Waals surface area (Å²) >= 11 is 1.96. The number of hydrogen-bond donors (Lipinski definition) is 1. The fourth-order valence-corrected chi connectivity index (χ4v) is 4.01. The number of rotatable bonds is 5. The van der Waals surface area contributed by atoms with Crippen LogP contribution in [0.3, 0.4) is 0 Å². The highest BCUT2D eigenvalue weighted by Crippen LogP contribution is 2.27. The highest BCUT2D eigenvalue weighted by Gasteiger charge is 2.23. The van der Waals surface area contributed by atoms with Crippen LogP contribution in [0.1, 0.15) is 48.9 Å². The molecule has 0 aliphatic carbocycles. The first-order valence-electron chi connectivity index (χ1n) is 7.63. The second-order valence-electron chi connectivity index (χ2n) is 6.02. The first kappa shape index (κ1) is 15.0. The maximum absolute atomic E-state index is 3.42. The summed E-state index contributed by atoms with van der Waals surface area (Å²) in [6, 6.07) is 3.15. The third-order valence-corrected chi connectivity index (χ3v) is 5.36. The monoisotopic (exact) mass is 280 g/mol. The molecule has 0 bridgehead atoms. The van der Waals surface area contributed by atoms with Crippen molar-refractivity contribution in [3.63, 3.8) is 0 Å². The van der Waals surface area contributed by atoms with E-state index in [0.717, 1.165) is 31.6 Å². The number of nitrogens with zero attached hydrogens (tertiary/aromatic N) is 1. The summed E-state index contributed by atoms with van der Waals surface area (Å²) in [4.78, 5) is 5.64. The lowest BCUT2D eigenvalue weighted by molar-refractivity contribution is 0.122. The molecular formula is C16H28N2S. The van der Waals surface area contributed by atoms with Gasteiger partial charge in [-0.3, -0.25) is 4.90 Å². The Kier molecular flexibility index (Phi) is 5.43. The summed E-state index contributed by atoms with van der Waals surface area (Å²) in [6.07, 6.45) is 2.71. The second kappa shape index (κ2) is 6.87. The van der Waals surface area contributed by atoms with Crippen LogP contribution >= 0.6 is 11.3 Å². The number of thiophene rings is 1. The summed E-state index contributed by atoms with van der Waals surface area (Å²) in [5, 5.41) is 3.42. The van der Waals surface area contributed by atoms with Crippen LogP contribution in [0.2, 0.25) is 0 Å². The van der Waals surface area contributed by atoms with Crippen LogP contribution in [0, 0.1) is 12.8 Å². The van der Waals surface area contributed by atoms with Gasteiger partial charge in [-0.15, -0.1) is 11.3 Å². The summed E-state index contributed by atoms with van der Waals surface area (Å²) in [7, 11) is 0. The van der Waals surface area contributed by atoms with Crippen LogP contribution in [0.15, 0.2) is 6.07 Å². The Morgan fingerprint density at radius 3 is 2.89 bits per heavy atom. The maximum Gasteiger partial charge on any atom is 0.0299 e. The van der Waals surface area contributed by atoms with Crippen molar-refractivity contribution < 1.29 is 0 Å². The number of likely N-dealkylation sites (tertiary alicyclic amines) is 1. The molecule has 19 heavy (non-hydrogen) atoms. The topological polar surface area (TPSA) is 15.3 Å². The molecule has 1 aliphatic heterocycles. The number of nitrogens with one attached hydrogen (secondary N) is 1. The quantitative estimate of drug-likeness (QED) is 0.883. The first-order chi connectivity index (χ1) is 9.10. The molecule has 1 N–H and O–H groups in total. The average molecular weight is 280 g/mol. The van der Waals surface area contributed by atoms with Gasteiger partial charge in [-0.2, -0.15) is 0 Å². The Balaban J connectivity index is 1.96. The Morgan fingerprint density at radius 1 is 1.42 bits per heavy atom. The van der Waals surface area contributed by atoms with E-state index in [1.807, 2.05) is 11.3 Å². The molecule has 2 rings (SSSR count). The number of hydrogen-bond acceptors (Lipinski definition) is 3. The predicted octanol–water partition coefficient (Wildman–Crippen LogP) is 3.79. The summed E-state index contributed by atoms with van der Waals surface area (Å²) < 4.78 is 0. The number of aryl methyl sites for hydroxylation is 1. The van der Waals surface area contributed by atoms with Crippen molar-refractivity contribution in [2.75, 3.05) is 13.1 Å². The lowest BCUT2D eigenvalue weighted by Gasteiger charge is -2.36. The molecule has 2 nitrogen and oxygen atoms in total. The van der Waals surface area contributed by atoms with Crippen molar-refractivity contribution in [2.24, 2.45) is 5.92 Å². The van der Waals surface area contributed by atoms with Gasteiger partial charge in [0.1, 0.15) is 0 Å². The van der Waals surface area contributed by atoms with E-state index in [0.29, 0.717) is 0 Å². The van der Waals surface area contributed by atoms with Crippen molar-refractivity contribution in [2.45, 2.75) is 59.7 Å². The minimum absolute atomic E-state index is 0.736. The Labute approximate surface area is 122 Å². The van der Waals surface area contributed by atoms with Gasteiger partial charge in [-0.1, -0.05) is 13.8 Å². The van der Waals surface area contributed by atoms with Crippen LogP contribution < -0.4 is 5.32 Å². The highest BCUT2D eigenvalue weighted by molar-refractivity contribution is 7.12. The summed E-state index contributed by atoms with van der Waals surface area (Å²) in [6.45, 7) is 13.7. The molecule has 1 saturated heterocycles. The molecular weight excluding hydrogens is 252 g/mol. The van der Waals surface area contributed by atoms with Crippen LogP contribution in [-0.2, 0) is 13.1 Å². The molecule has 0 amide bonds. The van der Waals surface area contributed by atoms with Gasteiger partial charge in [0.25, 0.3) is 0 Å². The maximum atomic E-state index is 3.42. The van der Waals surface area contributed by atoms with Crippen molar-refractivity contribution >= 4 is 11.3 Å². The van der Waals surface area contributed by atoms with Gasteiger partial charge in [-0.05, 0) is 57.3 Å².